The molecule has 4 rings (SSSR count). The summed E-state index contributed by atoms with van der Waals surface area (Å²) >= 11 is 0. The zero-order chi connectivity index (χ0) is 19.7. The first kappa shape index (κ1) is 21.8. The van der Waals surface area contributed by atoms with Crippen molar-refractivity contribution in [2.24, 2.45) is 4.99 Å². The van der Waals surface area contributed by atoms with Gasteiger partial charge in [0.25, 0.3) is 0 Å². The Labute approximate surface area is 187 Å². The number of benzene rings is 2. The first-order chi connectivity index (χ1) is 13.6. The minimum Gasteiger partial charge on any atom is -0.497 e. The fraction of sp³-hybridized carbons (Fsp3) is 0.409. The van der Waals surface area contributed by atoms with Gasteiger partial charge in [-0.05, 0) is 42.7 Å². The summed E-state index contributed by atoms with van der Waals surface area (Å²) in [5, 5.41) is 3.40. The maximum absolute atomic E-state index is 14.0. The van der Waals surface area contributed by atoms with Gasteiger partial charge in [-0.1, -0.05) is 18.2 Å². The fourth-order valence-corrected chi connectivity index (χ4v) is 4.10. The van der Waals surface area contributed by atoms with Gasteiger partial charge in [-0.3, -0.25) is 4.99 Å². The molecule has 3 atom stereocenters. The van der Waals surface area contributed by atoms with E-state index in [2.05, 4.69) is 27.3 Å². The van der Waals surface area contributed by atoms with Gasteiger partial charge < -0.3 is 15.0 Å². The van der Waals surface area contributed by atoms with Gasteiger partial charge in [-0.25, -0.2) is 8.78 Å². The van der Waals surface area contributed by atoms with Crippen molar-refractivity contribution in [3.05, 3.63) is 65.2 Å². The Morgan fingerprint density at radius 2 is 1.83 bits per heavy atom. The summed E-state index contributed by atoms with van der Waals surface area (Å²) in [6, 6.07) is 12.3. The van der Waals surface area contributed by atoms with Gasteiger partial charge in [0.1, 0.15) is 17.4 Å². The third kappa shape index (κ3) is 4.65. The lowest BCUT2D eigenvalue weighted by Crippen LogP contribution is -2.41. The van der Waals surface area contributed by atoms with Gasteiger partial charge in [-0.15, -0.1) is 24.0 Å². The molecule has 1 saturated carbocycles. The predicted octanol–water partition coefficient (Wildman–Crippen LogP) is 4.51. The van der Waals surface area contributed by atoms with Gasteiger partial charge in [0.2, 0.25) is 0 Å². The zero-order valence-electron chi connectivity index (χ0n) is 16.6. The van der Waals surface area contributed by atoms with Crippen LogP contribution in [0.15, 0.2) is 47.5 Å². The van der Waals surface area contributed by atoms with Crippen LogP contribution >= 0.6 is 24.0 Å². The lowest BCUT2D eigenvalue weighted by molar-refractivity contribution is 0.414. The number of hydrogen-bond acceptors (Lipinski definition) is 2. The van der Waals surface area contributed by atoms with Crippen LogP contribution in [0, 0.1) is 11.6 Å². The van der Waals surface area contributed by atoms with E-state index in [0.29, 0.717) is 12.3 Å². The number of ether oxygens (including phenoxy) is 1. The topological polar surface area (TPSA) is 36.9 Å². The second-order valence-corrected chi connectivity index (χ2v) is 7.48. The first-order valence-electron chi connectivity index (χ1n) is 9.66. The van der Waals surface area contributed by atoms with E-state index >= 15 is 0 Å². The van der Waals surface area contributed by atoms with Crippen molar-refractivity contribution in [3.63, 3.8) is 0 Å². The van der Waals surface area contributed by atoms with E-state index in [1.807, 2.05) is 12.1 Å². The summed E-state index contributed by atoms with van der Waals surface area (Å²) in [7, 11) is 3.42. The van der Waals surface area contributed by atoms with E-state index < -0.39 is 11.6 Å². The highest BCUT2D eigenvalue weighted by Crippen LogP contribution is 2.43. The van der Waals surface area contributed by atoms with Crippen molar-refractivity contribution < 1.29 is 13.5 Å². The molecule has 7 heteroatoms. The zero-order valence-corrected chi connectivity index (χ0v) is 18.9. The molecule has 1 saturated heterocycles. The van der Waals surface area contributed by atoms with Crippen molar-refractivity contribution >= 4 is 29.9 Å². The molecular weight excluding hydrogens is 487 g/mol. The molecule has 0 amide bonds. The molecule has 0 spiro atoms. The lowest BCUT2D eigenvalue weighted by atomic mass is 9.98. The average Bonchev–Trinajstić information content (AvgIpc) is 3.27. The molecular formula is C22H26F2IN3O. The highest BCUT2D eigenvalue weighted by atomic mass is 127. The Morgan fingerprint density at radius 3 is 2.45 bits per heavy atom. The molecule has 4 nitrogen and oxygen atoms in total. The normalized spacial score (nSPS) is 23.5. The molecule has 2 aliphatic rings. The van der Waals surface area contributed by atoms with E-state index in [-0.39, 0.29) is 41.5 Å². The number of halogens is 3. The van der Waals surface area contributed by atoms with Crippen LogP contribution in [0.2, 0.25) is 0 Å². The smallest absolute Gasteiger partial charge is 0.193 e. The standard InChI is InChI=1S/C22H25F2N3O.HI/c1-25-22(26-20-12-17(20)21-18(23)4-3-5-19(21)24)27-11-10-15(13-27)14-6-8-16(28-2)9-7-14;/h3-9,15,17,20H,10-13H2,1-2H3,(H,25,26);1H. The van der Waals surface area contributed by atoms with Crippen LogP contribution in [0.3, 0.4) is 0 Å². The molecule has 1 heterocycles. The summed E-state index contributed by atoms with van der Waals surface area (Å²) < 4.78 is 33.3. The summed E-state index contributed by atoms with van der Waals surface area (Å²) in [6.45, 7) is 1.78. The van der Waals surface area contributed by atoms with Crippen molar-refractivity contribution in [1.82, 2.24) is 10.2 Å². The molecule has 156 valence electrons. The Kier molecular flexibility index (Phi) is 6.97. The van der Waals surface area contributed by atoms with Crippen LogP contribution in [-0.2, 0) is 0 Å². The molecule has 29 heavy (non-hydrogen) atoms. The summed E-state index contributed by atoms with van der Waals surface area (Å²) in [6.07, 6.45) is 1.76. The first-order valence-corrected chi connectivity index (χ1v) is 9.66. The SMILES string of the molecule is CN=C(NC1CC1c1c(F)cccc1F)N1CCC(c2ccc(OC)cc2)C1.I. The Balaban J connectivity index is 0.00000240. The monoisotopic (exact) mass is 513 g/mol. The quantitative estimate of drug-likeness (QED) is 0.372. The Bertz CT molecular complexity index is 855. The van der Waals surface area contributed by atoms with E-state index in [1.165, 1.54) is 23.8 Å². The van der Waals surface area contributed by atoms with Crippen molar-refractivity contribution in [2.45, 2.75) is 30.7 Å². The molecule has 2 fully saturated rings. The lowest BCUT2D eigenvalue weighted by Gasteiger charge is -2.22. The molecule has 1 aliphatic heterocycles. The van der Waals surface area contributed by atoms with Gasteiger partial charge >= 0.3 is 0 Å². The third-order valence-corrected chi connectivity index (χ3v) is 5.76. The second kappa shape index (κ2) is 9.28. The van der Waals surface area contributed by atoms with Gasteiger partial charge in [0.15, 0.2) is 5.96 Å². The van der Waals surface area contributed by atoms with Crippen molar-refractivity contribution in [3.8, 4) is 5.75 Å². The van der Waals surface area contributed by atoms with E-state index in [0.717, 1.165) is 31.2 Å². The van der Waals surface area contributed by atoms with Crippen LogP contribution in [0.1, 0.15) is 35.8 Å². The fourth-order valence-electron chi connectivity index (χ4n) is 4.10. The van der Waals surface area contributed by atoms with Crippen LogP contribution < -0.4 is 10.1 Å². The van der Waals surface area contributed by atoms with Crippen LogP contribution in [0.25, 0.3) is 0 Å². The maximum atomic E-state index is 14.0. The molecule has 2 aromatic carbocycles. The molecule has 0 aromatic heterocycles. The molecule has 3 unspecified atom stereocenters. The number of methoxy groups -OCH3 is 1. The Morgan fingerprint density at radius 1 is 1.14 bits per heavy atom. The summed E-state index contributed by atoms with van der Waals surface area (Å²) in [4.78, 5) is 6.63. The van der Waals surface area contributed by atoms with Crippen LogP contribution in [0.4, 0.5) is 8.78 Å². The molecule has 1 aliphatic carbocycles. The molecule has 1 N–H and O–H groups in total. The number of guanidine groups is 1. The van der Waals surface area contributed by atoms with Crippen molar-refractivity contribution in [2.75, 3.05) is 27.2 Å². The predicted molar refractivity (Wildman–Crippen MR) is 121 cm³/mol. The van der Waals surface area contributed by atoms with Crippen LogP contribution in [0.5, 0.6) is 5.75 Å². The van der Waals surface area contributed by atoms with E-state index in [9.17, 15) is 8.78 Å². The van der Waals surface area contributed by atoms with E-state index in [1.54, 1.807) is 14.2 Å². The number of nitrogens with zero attached hydrogens (tertiary/aromatic N) is 2. The highest BCUT2D eigenvalue weighted by Gasteiger charge is 2.43. The second-order valence-electron chi connectivity index (χ2n) is 7.48. The van der Waals surface area contributed by atoms with E-state index in [4.69, 9.17) is 4.74 Å². The molecule has 0 bridgehead atoms. The minimum atomic E-state index is -0.468. The summed E-state index contributed by atoms with van der Waals surface area (Å²) in [5.41, 5.74) is 1.48. The summed E-state index contributed by atoms with van der Waals surface area (Å²) in [5.74, 6) is 1.02. The highest BCUT2D eigenvalue weighted by molar-refractivity contribution is 14.0. The number of likely N-dealkylation sites (tertiary alicyclic amines) is 1. The van der Waals surface area contributed by atoms with Gasteiger partial charge in [0, 0.05) is 43.6 Å². The average molecular weight is 513 g/mol. The minimum absolute atomic E-state index is 0. The van der Waals surface area contributed by atoms with Crippen molar-refractivity contribution in [1.29, 1.82) is 0 Å². The Hall–Kier alpha value is -1.90. The van der Waals surface area contributed by atoms with Gasteiger partial charge in [0.05, 0.1) is 7.11 Å². The number of rotatable bonds is 4. The molecule has 2 aromatic rings. The third-order valence-electron chi connectivity index (χ3n) is 5.76. The maximum Gasteiger partial charge on any atom is 0.193 e. The number of nitrogens with one attached hydrogen (secondary N) is 1. The largest absolute Gasteiger partial charge is 0.497 e. The number of aliphatic imine (C=N–C) groups is 1. The molecule has 0 radical (unpaired) electrons. The van der Waals surface area contributed by atoms with Gasteiger partial charge in [-0.2, -0.15) is 0 Å². The van der Waals surface area contributed by atoms with Crippen LogP contribution in [-0.4, -0.2) is 44.1 Å². The number of hydrogen-bond donors (Lipinski definition) is 1.